The minimum Gasteiger partial charge on any atom is -0.458 e. The second kappa shape index (κ2) is 20.6. The number of quaternary nitrogens is 1. The summed E-state index contributed by atoms with van der Waals surface area (Å²) in [4.78, 5) is 41.3. The lowest BCUT2D eigenvalue weighted by atomic mass is 9.85. The molecule has 3 saturated heterocycles. The Morgan fingerprint density at radius 1 is 0.800 bits per heavy atom. The van der Waals surface area contributed by atoms with Crippen molar-refractivity contribution in [3.05, 3.63) is 71.8 Å². The third-order valence-corrected chi connectivity index (χ3v) is 13.2. The highest BCUT2D eigenvalue weighted by Crippen LogP contribution is 2.47. The van der Waals surface area contributed by atoms with Crippen LogP contribution in [0.4, 0.5) is 4.79 Å². The van der Waals surface area contributed by atoms with E-state index in [9.17, 15) is 22.8 Å². The predicted octanol–water partition coefficient (Wildman–Crippen LogP) is 8.16. The van der Waals surface area contributed by atoms with Crippen molar-refractivity contribution in [2.75, 3.05) is 31.6 Å². The molecular formula is C44H65N2O8S+. The number of sulfone groups is 1. The number of carbonyl (C=O) groups excluding carboxylic acids is 3. The number of ether oxygens (including phenoxy) is 3. The first-order valence-electron chi connectivity index (χ1n) is 21.1. The van der Waals surface area contributed by atoms with E-state index in [1.807, 2.05) is 12.1 Å². The van der Waals surface area contributed by atoms with Gasteiger partial charge in [0, 0.05) is 68.9 Å². The van der Waals surface area contributed by atoms with E-state index in [-0.39, 0.29) is 24.9 Å². The molecule has 3 fully saturated rings. The van der Waals surface area contributed by atoms with Gasteiger partial charge in [-0.1, -0.05) is 125 Å². The Balaban J connectivity index is 1.22. The summed E-state index contributed by atoms with van der Waals surface area (Å²) in [6.07, 6.45) is 16.5. The first-order valence-corrected chi connectivity index (χ1v) is 23.1. The Morgan fingerprint density at radius 2 is 1.33 bits per heavy atom. The average molecular weight is 782 g/mol. The van der Waals surface area contributed by atoms with E-state index in [0.717, 1.165) is 55.7 Å². The normalized spacial score (nSPS) is 20.9. The van der Waals surface area contributed by atoms with E-state index in [1.165, 1.54) is 70.9 Å². The number of hydrogen-bond donors (Lipinski definition) is 1. The van der Waals surface area contributed by atoms with Gasteiger partial charge >= 0.3 is 12.1 Å². The SMILES string of the molecule is CCCCCCCCCCCCNC(=O)CC[C@@H](CS(C)(=O)=O)OC(=O)OC(C(=O)OC1CC2CCC(C1)[N+]21CCCC1)(c1ccccc1)c1ccccc1. The summed E-state index contributed by atoms with van der Waals surface area (Å²) in [5.74, 6) is -1.45. The number of esters is 1. The summed E-state index contributed by atoms with van der Waals surface area (Å²) in [5, 5.41) is 2.92. The summed E-state index contributed by atoms with van der Waals surface area (Å²) in [5.41, 5.74) is -1.25. The summed E-state index contributed by atoms with van der Waals surface area (Å²) in [6.45, 7) is 5.15. The first kappa shape index (κ1) is 42.7. The fourth-order valence-corrected chi connectivity index (χ4v) is 10.4. The van der Waals surface area contributed by atoms with Crippen molar-refractivity contribution in [3.8, 4) is 0 Å². The molecule has 3 aliphatic rings. The summed E-state index contributed by atoms with van der Waals surface area (Å²) < 4.78 is 44.3. The lowest BCUT2D eigenvalue weighted by Gasteiger charge is -2.47. The molecule has 0 aliphatic carbocycles. The molecule has 3 atom stereocenters. The first-order chi connectivity index (χ1) is 26.6. The molecule has 10 nitrogen and oxygen atoms in total. The molecule has 2 aromatic carbocycles. The van der Waals surface area contributed by atoms with Crippen LogP contribution in [0.3, 0.4) is 0 Å². The Kier molecular flexibility index (Phi) is 16.0. The molecule has 3 heterocycles. The molecule has 304 valence electrons. The van der Waals surface area contributed by atoms with E-state index in [2.05, 4.69) is 12.2 Å². The van der Waals surface area contributed by atoms with Gasteiger partial charge in [-0.05, 0) is 12.8 Å². The highest BCUT2D eigenvalue weighted by molar-refractivity contribution is 7.90. The van der Waals surface area contributed by atoms with Crippen LogP contribution in [0.2, 0.25) is 0 Å². The van der Waals surface area contributed by atoms with Gasteiger partial charge in [-0.15, -0.1) is 0 Å². The molecular weight excluding hydrogens is 717 g/mol. The standard InChI is InChI=1S/C44H64N2O8S/c1-3-4-5-6-7-8-9-10-11-18-29-45-41(47)28-27-39(34-55(2,50)51)53-43(49)54-44(35-21-14-12-15-22-35,36-23-16-13-17-24-36)42(48)52-40-32-37-25-26-38(33-40)46(37)30-19-20-31-46/h12-17,21-24,37-40H,3-11,18-20,25-34H2,1-2H3/p+1/t37?,38?,39-,40?/m0/s1. The van der Waals surface area contributed by atoms with Crippen molar-refractivity contribution in [1.82, 2.24) is 5.32 Å². The fourth-order valence-electron chi connectivity index (χ4n) is 9.47. The van der Waals surface area contributed by atoms with Gasteiger partial charge in [0.15, 0.2) is 9.84 Å². The van der Waals surface area contributed by atoms with E-state index in [1.54, 1.807) is 48.5 Å². The van der Waals surface area contributed by atoms with Gasteiger partial charge in [-0.25, -0.2) is 18.0 Å². The summed E-state index contributed by atoms with van der Waals surface area (Å²) >= 11 is 0. The molecule has 0 aromatic heterocycles. The molecule has 3 aliphatic heterocycles. The van der Waals surface area contributed by atoms with Crippen LogP contribution in [-0.4, -0.2) is 86.9 Å². The van der Waals surface area contributed by atoms with E-state index in [4.69, 9.17) is 14.2 Å². The third-order valence-electron chi connectivity index (χ3n) is 12.2. The zero-order valence-electron chi connectivity index (χ0n) is 33.3. The lowest BCUT2D eigenvalue weighted by molar-refractivity contribution is -0.956. The molecule has 11 heteroatoms. The fraction of sp³-hybridized carbons (Fsp3) is 0.659. The minimum atomic E-state index is -3.61. The Bertz CT molecular complexity index is 1560. The summed E-state index contributed by atoms with van der Waals surface area (Å²) in [7, 11) is -3.61. The molecule has 55 heavy (non-hydrogen) atoms. The van der Waals surface area contributed by atoms with Crippen LogP contribution in [0.15, 0.2) is 60.7 Å². The molecule has 0 radical (unpaired) electrons. The second-order valence-corrected chi connectivity index (χ2v) is 18.5. The van der Waals surface area contributed by atoms with Gasteiger partial charge in [0.1, 0.15) is 12.2 Å². The smallest absolute Gasteiger partial charge is 0.458 e. The van der Waals surface area contributed by atoms with Gasteiger partial charge in [0.05, 0.1) is 30.9 Å². The highest BCUT2D eigenvalue weighted by Gasteiger charge is 2.57. The van der Waals surface area contributed by atoms with Gasteiger partial charge in [0.25, 0.3) is 5.60 Å². The molecule has 0 saturated carbocycles. The number of hydrogen-bond acceptors (Lipinski definition) is 8. The molecule has 2 aromatic rings. The number of benzene rings is 2. The van der Waals surface area contributed by atoms with E-state index < -0.39 is 39.4 Å². The molecule has 1 N–H and O–H groups in total. The average Bonchev–Trinajstić information content (AvgIpc) is 3.71. The third kappa shape index (κ3) is 11.8. The predicted molar refractivity (Wildman–Crippen MR) is 214 cm³/mol. The van der Waals surface area contributed by atoms with Crippen LogP contribution < -0.4 is 5.32 Å². The van der Waals surface area contributed by atoms with E-state index >= 15 is 0 Å². The van der Waals surface area contributed by atoms with Crippen LogP contribution in [0.5, 0.6) is 0 Å². The zero-order valence-corrected chi connectivity index (χ0v) is 34.1. The number of carbonyl (C=O) groups is 3. The van der Waals surface area contributed by atoms with Gasteiger partial charge in [0.2, 0.25) is 5.91 Å². The van der Waals surface area contributed by atoms with Gasteiger partial charge in [-0.2, -0.15) is 0 Å². The molecule has 5 rings (SSSR count). The van der Waals surface area contributed by atoms with Crippen molar-refractivity contribution >= 4 is 27.9 Å². The number of unbranched alkanes of at least 4 members (excludes halogenated alkanes) is 9. The Morgan fingerprint density at radius 3 is 1.85 bits per heavy atom. The Hall–Kier alpha value is -3.44. The molecule has 1 spiro atoms. The highest BCUT2D eigenvalue weighted by atomic mass is 32.2. The maximum Gasteiger partial charge on any atom is 0.510 e. The van der Waals surface area contributed by atoms with Gasteiger partial charge < -0.3 is 24.0 Å². The zero-order chi connectivity index (χ0) is 39.2. The Labute approximate surface area is 329 Å². The lowest BCUT2D eigenvalue weighted by Crippen LogP contribution is -2.60. The van der Waals surface area contributed by atoms with Gasteiger partial charge in [-0.3, -0.25) is 4.79 Å². The van der Waals surface area contributed by atoms with Crippen molar-refractivity contribution in [1.29, 1.82) is 0 Å². The number of nitrogens with one attached hydrogen (secondary N) is 1. The van der Waals surface area contributed by atoms with Crippen LogP contribution in [0.25, 0.3) is 0 Å². The van der Waals surface area contributed by atoms with Crippen LogP contribution in [0.1, 0.15) is 134 Å². The van der Waals surface area contributed by atoms with Crippen molar-refractivity contribution in [3.63, 3.8) is 0 Å². The van der Waals surface area contributed by atoms with E-state index in [0.29, 0.717) is 29.8 Å². The second-order valence-electron chi connectivity index (χ2n) is 16.3. The quantitative estimate of drug-likeness (QED) is 0.0721. The van der Waals surface area contributed by atoms with Crippen molar-refractivity contribution in [2.45, 2.75) is 152 Å². The maximum absolute atomic E-state index is 14.7. The molecule has 1 amide bonds. The van der Waals surface area contributed by atoms with Crippen molar-refractivity contribution < 1.29 is 41.5 Å². The summed E-state index contributed by atoms with van der Waals surface area (Å²) in [6, 6.07) is 18.4. The monoisotopic (exact) mass is 781 g/mol. The topological polar surface area (TPSA) is 125 Å². The minimum absolute atomic E-state index is 0.0228. The number of nitrogens with zero attached hydrogens (tertiary/aromatic N) is 1. The van der Waals surface area contributed by atoms with Crippen LogP contribution in [-0.2, 0) is 39.2 Å². The number of rotatable bonds is 22. The maximum atomic E-state index is 14.7. The van der Waals surface area contributed by atoms with Crippen LogP contribution in [0, 0.1) is 0 Å². The largest absolute Gasteiger partial charge is 0.510 e. The molecule has 2 bridgehead atoms. The number of amides is 1. The van der Waals surface area contributed by atoms with Crippen LogP contribution >= 0.6 is 0 Å². The van der Waals surface area contributed by atoms with Crippen molar-refractivity contribution in [2.24, 2.45) is 0 Å². The number of piperidine rings is 1. The molecule has 2 unspecified atom stereocenters.